The molecule has 0 unspecified atom stereocenters. The van der Waals surface area contributed by atoms with Crippen molar-refractivity contribution in [3.63, 3.8) is 0 Å². The van der Waals surface area contributed by atoms with Crippen LogP contribution in [0.1, 0.15) is 0 Å². The molecule has 3 rings (SSSR count). The zero-order valence-electron chi connectivity index (χ0n) is 8.60. The van der Waals surface area contributed by atoms with Gasteiger partial charge in [-0.2, -0.15) is 0 Å². The fraction of sp³-hybridized carbons (Fsp3) is 0. The monoisotopic (exact) mass is 392 g/mol. The Hall–Kier alpha value is -0.790. The zero-order chi connectivity index (χ0) is 12.9. The standard InChI is InChI=1S/C11H4Br2F2N2S/c12-5-3-8(18-10(5)13)11-16-7-2-4(14)1-6(15)9(7)17-11/h1-3H,(H,16,17). The summed E-state index contributed by atoms with van der Waals surface area (Å²) in [4.78, 5) is 7.90. The molecule has 0 spiro atoms. The van der Waals surface area contributed by atoms with Crippen LogP contribution in [0.2, 0.25) is 0 Å². The molecule has 0 radical (unpaired) electrons. The summed E-state index contributed by atoms with van der Waals surface area (Å²) >= 11 is 8.20. The summed E-state index contributed by atoms with van der Waals surface area (Å²) in [6.45, 7) is 0. The van der Waals surface area contributed by atoms with Crippen LogP contribution in [-0.2, 0) is 0 Å². The van der Waals surface area contributed by atoms with Crippen molar-refractivity contribution >= 4 is 54.2 Å². The van der Waals surface area contributed by atoms with Crippen LogP contribution in [0.15, 0.2) is 26.5 Å². The molecule has 1 aromatic carbocycles. The summed E-state index contributed by atoms with van der Waals surface area (Å²) in [7, 11) is 0. The Morgan fingerprint density at radius 1 is 1.17 bits per heavy atom. The maximum Gasteiger partial charge on any atom is 0.153 e. The number of aromatic nitrogens is 2. The number of imidazole rings is 1. The molecule has 18 heavy (non-hydrogen) atoms. The first kappa shape index (κ1) is 12.3. The number of halogens is 4. The van der Waals surface area contributed by atoms with Gasteiger partial charge in [0.25, 0.3) is 0 Å². The Balaban J connectivity index is 2.22. The van der Waals surface area contributed by atoms with Gasteiger partial charge in [0, 0.05) is 10.5 Å². The van der Waals surface area contributed by atoms with Gasteiger partial charge < -0.3 is 4.98 Å². The van der Waals surface area contributed by atoms with Crippen LogP contribution in [0.5, 0.6) is 0 Å². The molecular weight excluding hydrogens is 390 g/mol. The van der Waals surface area contributed by atoms with Gasteiger partial charge >= 0.3 is 0 Å². The van der Waals surface area contributed by atoms with Gasteiger partial charge in [-0.3, -0.25) is 0 Å². The number of fused-ring (bicyclic) bond motifs is 1. The molecule has 0 aliphatic carbocycles. The van der Waals surface area contributed by atoms with E-state index in [0.29, 0.717) is 11.3 Å². The maximum atomic E-state index is 13.5. The first-order chi connectivity index (χ1) is 8.54. The molecule has 0 atom stereocenters. The predicted molar refractivity (Wildman–Crippen MR) is 74.7 cm³/mol. The third kappa shape index (κ3) is 2.00. The lowest BCUT2D eigenvalue weighted by Crippen LogP contribution is -1.81. The van der Waals surface area contributed by atoms with Gasteiger partial charge in [0.2, 0.25) is 0 Å². The third-order valence-corrected chi connectivity index (χ3v) is 5.65. The summed E-state index contributed by atoms with van der Waals surface area (Å²) in [6.07, 6.45) is 0. The first-order valence-electron chi connectivity index (χ1n) is 4.84. The lowest BCUT2D eigenvalue weighted by molar-refractivity contribution is 0.591. The van der Waals surface area contributed by atoms with Crippen molar-refractivity contribution in [2.24, 2.45) is 0 Å². The van der Waals surface area contributed by atoms with E-state index in [1.54, 1.807) is 0 Å². The summed E-state index contributed by atoms with van der Waals surface area (Å²) < 4.78 is 28.4. The number of hydrogen-bond donors (Lipinski definition) is 1. The number of benzene rings is 1. The Morgan fingerprint density at radius 2 is 1.94 bits per heavy atom. The van der Waals surface area contributed by atoms with E-state index in [0.717, 1.165) is 19.2 Å². The number of aromatic amines is 1. The van der Waals surface area contributed by atoms with Gasteiger partial charge in [-0.1, -0.05) is 0 Å². The molecule has 0 bridgehead atoms. The van der Waals surface area contributed by atoms with Gasteiger partial charge in [-0.25, -0.2) is 13.8 Å². The topological polar surface area (TPSA) is 28.7 Å². The minimum absolute atomic E-state index is 0.145. The quantitative estimate of drug-likeness (QED) is 0.612. The fourth-order valence-corrected chi connectivity index (χ4v) is 3.60. The summed E-state index contributed by atoms with van der Waals surface area (Å²) in [5, 5.41) is 0. The smallest absolute Gasteiger partial charge is 0.153 e. The van der Waals surface area contributed by atoms with Gasteiger partial charge in [0.15, 0.2) is 5.82 Å². The van der Waals surface area contributed by atoms with Crippen LogP contribution in [-0.4, -0.2) is 9.97 Å². The van der Waals surface area contributed by atoms with Crippen LogP contribution in [0.4, 0.5) is 8.78 Å². The molecule has 0 saturated carbocycles. The van der Waals surface area contributed by atoms with E-state index in [9.17, 15) is 8.78 Å². The second-order valence-corrected chi connectivity index (χ2v) is 6.83. The molecule has 0 aliphatic heterocycles. The largest absolute Gasteiger partial charge is 0.337 e. The number of nitrogens with zero attached hydrogens (tertiary/aromatic N) is 1. The van der Waals surface area contributed by atoms with Crippen molar-refractivity contribution < 1.29 is 8.78 Å². The number of rotatable bonds is 1. The Labute approximate surface area is 121 Å². The lowest BCUT2D eigenvalue weighted by Gasteiger charge is -1.90. The van der Waals surface area contributed by atoms with E-state index >= 15 is 0 Å². The number of thiophene rings is 1. The molecule has 1 N–H and O–H groups in total. The van der Waals surface area contributed by atoms with Crippen LogP contribution >= 0.6 is 43.2 Å². The van der Waals surface area contributed by atoms with Crippen LogP contribution in [0.3, 0.4) is 0 Å². The highest BCUT2D eigenvalue weighted by atomic mass is 79.9. The van der Waals surface area contributed by atoms with Gasteiger partial charge in [0.05, 0.1) is 14.2 Å². The molecule has 7 heteroatoms. The number of nitrogens with one attached hydrogen (secondary N) is 1. The molecule has 0 aliphatic rings. The van der Waals surface area contributed by atoms with E-state index in [2.05, 4.69) is 41.8 Å². The van der Waals surface area contributed by atoms with E-state index in [-0.39, 0.29) is 5.52 Å². The van der Waals surface area contributed by atoms with Gasteiger partial charge in [-0.05, 0) is 44.0 Å². The summed E-state index contributed by atoms with van der Waals surface area (Å²) in [5.74, 6) is -0.767. The van der Waals surface area contributed by atoms with Crippen molar-refractivity contribution in [3.8, 4) is 10.7 Å². The molecular formula is C11H4Br2F2N2S. The van der Waals surface area contributed by atoms with Crippen LogP contribution in [0.25, 0.3) is 21.7 Å². The highest BCUT2D eigenvalue weighted by molar-refractivity contribution is 9.13. The normalized spacial score (nSPS) is 11.3. The predicted octanol–water partition coefficient (Wildman–Crippen LogP) is 5.09. The first-order valence-corrected chi connectivity index (χ1v) is 7.25. The molecule has 0 saturated heterocycles. The van der Waals surface area contributed by atoms with Crippen molar-refractivity contribution in [1.29, 1.82) is 0 Å². The van der Waals surface area contributed by atoms with Crippen LogP contribution < -0.4 is 0 Å². The number of H-pyrrole nitrogens is 1. The fourth-order valence-electron chi connectivity index (χ4n) is 1.62. The molecule has 92 valence electrons. The lowest BCUT2D eigenvalue weighted by atomic mass is 10.3. The molecule has 0 fully saturated rings. The maximum absolute atomic E-state index is 13.5. The van der Waals surface area contributed by atoms with Gasteiger partial charge in [0.1, 0.15) is 17.2 Å². The van der Waals surface area contributed by atoms with Crippen molar-refractivity contribution in [3.05, 3.63) is 38.1 Å². The van der Waals surface area contributed by atoms with Crippen LogP contribution in [0, 0.1) is 11.6 Å². The highest BCUT2D eigenvalue weighted by Gasteiger charge is 2.13. The Morgan fingerprint density at radius 3 is 2.61 bits per heavy atom. The average Bonchev–Trinajstić information content (AvgIpc) is 2.84. The molecule has 2 heterocycles. The zero-order valence-corrected chi connectivity index (χ0v) is 12.6. The van der Waals surface area contributed by atoms with E-state index in [4.69, 9.17) is 0 Å². The Bertz CT molecular complexity index is 731. The Kier molecular flexibility index (Phi) is 2.99. The van der Waals surface area contributed by atoms with Crippen molar-refractivity contribution in [2.45, 2.75) is 0 Å². The van der Waals surface area contributed by atoms with Gasteiger partial charge in [-0.15, -0.1) is 11.3 Å². The summed E-state index contributed by atoms with van der Waals surface area (Å²) in [6, 6.07) is 3.92. The second-order valence-electron chi connectivity index (χ2n) is 3.60. The molecule has 3 aromatic rings. The second kappa shape index (κ2) is 4.40. The highest BCUT2D eigenvalue weighted by Crippen LogP contribution is 2.37. The van der Waals surface area contributed by atoms with E-state index in [1.165, 1.54) is 17.4 Å². The van der Waals surface area contributed by atoms with Crippen molar-refractivity contribution in [1.82, 2.24) is 9.97 Å². The minimum atomic E-state index is -0.665. The molecule has 2 aromatic heterocycles. The summed E-state index contributed by atoms with van der Waals surface area (Å²) in [5.41, 5.74) is 0.496. The third-order valence-electron chi connectivity index (χ3n) is 2.38. The molecule has 0 amide bonds. The average molecular weight is 394 g/mol. The SMILES string of the molecule is Fc1cc(F)c2nc(-c3cc(Br)c(Br)s3)[nH]c2c1. The van der Waals surface area contributed by atoms with E-state index < -0.39 is 11.6 Å². The number of hydrogen-bond acceptors (Lipinski definition) is 2. The van der Waals surface area contributed by atoms with Crippen molar-refractivity contribution in [2.75, 3.05) is 0 Å². The van der Waals surface area contributed by atoms with E-state index in [1.807, 2.05) is 6.07 Å². The molecule has 2 nitrogen and oxygen atoms in total. The minimum Gasteiger partial charge on any atom is -0.337 e.